The van der Waals surface area contributed by atoms with Crippen molar-refractivity contribution in [3.05, 3.63) is 221 Å². The highest BCUT2D eigenvalue weighted by atomic mass is 16.5. The molecule has 0 spiro atoms. The lowest BCUT2D eigenvalue weighted by molar-refractivity contribution is 0.129. The summed E-state index contributed by atoms with van der Waals surface area (Å²) in [6, 6.07) is 61.2. The molecule has 1 heterocycles. The molecule has 0 aliphatic carbocycles. The fraction of sp³-hybridized carbons (Fsp3) is 0.160. The van der Waals surface area contributed by atoms with Gasteiger partial charge in [0.1, 0.15) is 49.8 Å². The molecule has 6 nitrogen and oxygen atoms in total. The Morgan fingerprint density at radius 1 is 0.446 bits per heavy atom. The van der Waals surface area contributed by atoms with Crippen LogP contribution >= 0.6 is 0 Å². The second-order valence-corrected chi connectivity index (χ2v) is 13.9. The Labute approximate surface area is 329 Å². The first-order valence-corrected chi connectivity index (χ1v) is 19.2. The van der Waals surface area contributed by atoms with E-state index in [1.807, 2.05) is 97.1 Å². The molecule has 0 radical (unpaired) electrons. The van der Waals surface area contributed by atoms with Gasteiger partial charge >= 0.3 is 0 Å². The fourth-order valence-electron chi connectivity index (χ4n) is 6.86. The summed E-state index contributed by atoms with van der Waals surface area (Å²) in [5.74, 6) is 3.49. The molecule has 8 rings (SSSR count). The van der Waals surface area contributed by atoms with Crippen LogP contribution in [-0.2, 0) is 39.4 Å². The third-order valence-electron chi connectivity index (χ3n) is 9.85. The van der Waals surface area contributed by atoms with Crippen molar-refractivity contribution in [3.8, 4) is 28.7 Å². The van der Waals surface area contributed by atoms with Crippen LogP contribution in [0.25, 0.3) is 0 Å². The lowest BCUT2D eigenvalue weighted by atomic mass is 9.91. The Morgan fingerprint density at radius 2 is 0.911 bits per heavy atom. The molecule has 1 aliphatic heterocycles. The quantitative estimate of drug-likeness (QED) is 0.106. The minimum absolute atomic E-state index is 0.101. The zero-order valence-electron chi connectivity index (χ0n) is 31.3. The van der Waals surface area contributed by atoms with E-state index in [0.29, 0.717) is 56.6 Å². The van der Waals surface area contributed by atoms with Gasteiger partial charge in [0.25, 0.3) is 0 Å². The highest BCUT2D eigenvalue weighted by Crippen LogP contribution is 2.44. The Balaban J connectivity index is 1.13. The van der Waals surface area contributed by atoms with E-state index >= 15 is 0 Å². The van der Waals surface area contributed by atoms with Gasteiger partial charge in [0.15, 0.2) is 11.5 Å². The average molecular weight is 740 g/mol. The SMILES string of the molecule is c1ccc(CN[C@H]2Cc3c(OCc4ccccc4)cc(OCc4ccccc4)cc3O[C@@H]2c2ccc(OCc3ccccc3)c(OCc3ccccc3)c2)cc1. The van der Waals surface area contributed by atoms with Gasteiger partial charge in [-0.05, 0) is 51.9 Å². The molecule has 56 heavy (non-hydrogen) atoms. The third-order valence-corrected chi connectivity index (χ3v) is 9.85. The first kappa shape index (κ1) is 36.5. The van der Waals surface area contributed by atoms with Gasteiger partial charge in [0.05, 0.1) is 6.04 Å². The monoisotopic (exact) mass is 739 g/mol. The van der Waals surface area contributed by atoms with Crippen LogP contribution in [0, 0.1) is 0 Å². The molecule has 0 saturated heterocycles. The molecule has 6 heteroatoms. The number of rotatable bonds is 16. The summed E-state index contributed by atoms with van der Waals surface area (Å²) in [4.78, 5) is 0. The summed E-state index contributed by atoms with van der Waals surface area (Å²) in [5.41, 5.74) is 7.49. The van der Waals surface area contributed by atoms with Gasteiger partial charge in [-0.25, -0.2) is 0 Å². The molecule has 0 fully saturated rings. The van der Waals surface area contributed by atoms with Gasteiger partial charge in [0.2, 0.25) is 0 Å². The number of hydrogen-bond donors (Lipinski definition) is 1. The highest BCUT2D eigenvalue weighted by molar-refractivity contribution is 5.54. The lowest BCUT2D eigenvalue weighted by Crippen LogP contribution is -2.41. The van der Waals surface area contributed by atoms with Crippen molar-refractivity contribution in [1.29, 1.82) is 0 Å². The Morgan fingerprint density at radius 3 is 1.45 bits per heavy atom. The predicted molar refractivity (Wildman–Crippen MR) is 220 cm³/mol. The smallest absolute Gasteiger partial charge is 0.162 e. The van der Waals surface area contributed by atoms with Crippen LogP contribution in [-0.4, -0.2) is 6.04 Å². The van der Waals surface area contributed by atoms with Crippen molar-refractivity contribution in [2.75, 3.05) is 0 Å². The van der Waals surface area contributed by atoms with Crippen molar-refractivity contribution in [1.82, 2.24) is 5.32 Å². The van der Waals surface area contributed by atoms with Crippen LogP contribution in [0.2, 0.25) is 0 Å². The van der Waals surface area contributed by atoms with E-state index in [1.165, 1.54) is 5.56 Å². The van der Waals surface area contributed by atoms with Gasteiger partial charge < -0.3 is 29.0 Å². The molecule has 0 aromatic heterocycles. The van der Waals surface area contributed by atoms with Crippen molar-refractivity contribution >= 4 is 0 Å². The molecule has 0 saturated carbocycles. The van der Waals surface area contributed by atoms with Crippen molar-refractivity contribution < 1.29 is 23.7 Å². The molecule has 280 valence electrons. The van der Waals surface area contributed by atoms with Crippen LogP contribution in [0.5, 0.6) is 28.7 Å². The lowest BCUT2D eigenvalue weighted by Gasteiger charge is -2.36. The van der Waals surface area contributed by atoms with E-state index < -0.39 is 0 Å². The van der Waals surface area contributed by atoms with Crippen LogP contribution in [0.15, 0.2) is 182 Å². The van der Waals surface area contributed by atoms with E-state index in [-0.39, 0.29) is 12.1 Å². The molecule has 7 aromatic rings. The second kappa shape index (κ2) is 18.2. The maximum atomic E-state index is 7.07. The standard InChI is InChI=1S/C50H45NO5/c1-6-16-37(17-7-1)32-51-45-31-44-47(54-35-40-22-12-4-13-23-40)29-43(52-33-38-18-8-2-9-19-38)30-48(44)56-50(45)42-26-27-46(53-34-39-20-10-3-11-21-39)49(28-42)55-36-41-24-14-5-15-25-41/h1-30,45,50-51H,31-36H2/t45-,50+/m0/s1. The molecule has 2 atom stereocenters. The van der Waals surface area contributed by atoms with E-state index in [9.17, 15) is 0 Å². The summed E-state index contributed by atoms with van der Waals surface area (Å²) < 4.78 is 32.9. The van der Waals surface area contributed by atoms with Gasteiger partial charge in [-0.3, -0.25) is 0 Å². The molecule has 0 bridgehead atoms. The first-order chi connectivity index (χ1) is 27.7. The number of ether oxygens (including phenoxy) is 5. The fourth-order valence-corrected chi connectivity index (χ4v) is 6.86. The Bertz CT molecular complexity index is 2270. The number of fused-ring (bicyclic) bond motifs is 1. The van der Waals surface area contributed by atoms with Gasteiger partial charge in [-0.1, -0.05) is 158 Å². The topological polar surface area (TPSA) is 58.2 Å². The molecule has 7 aromatic carbocycles. The first-order valence-electron chi connectivity index (χ1n) is 19.2. The molecule has 0 unspecified atom stereocenters. The molecule has 1 N–H and O–H groups in total. The number of hydrogen-bond acceptors (Lipinski definition) is 6. The van der Waals surface area contributed by atoms with E-state index in [0.717, 1.165) is 44.9 Å². The van der Waals surface area contributed by atoms with Crippen molar-refractivity contribution in [2.24, 2.45) is 0 Å². The van der Waals surface area contributed by atoms with Gasteiger partial charge in [-0.2, -0.15) is 0 Å². The molecule has 0 amide bonds. The summed E-state index contributed by atoms with van der Waals surface area (Å²) in [7, 11) is 0. The number of benzene rings is 7. The third kappa shape index (κ3) is 9.59. The van der Waals surface area contributed by atoms with Crippen LogP contribution in [0.1, 0.15) is 45.0 Å². The summed E-state index contributed by atoms with van der Waals surface area (Å²) >= 11 is 0. The summed E-state index contributed by atoms with van der Waals surface area (Å²) in [6.07, 6.45) is 0.308. The molecular formula is C50H45NO5. The largest absolute Gasteiger partial charge is 0.489 e. The van der Waals surface area contributed by atoms with E-state index in [1.54, 1.807) is 0 Å². The Kier molecular flexibility index (Phi) is 11.9. The number of nitrogens with one attached hydrogen (secondary N) is 1. The maximum absolute atomic E-state index is 7.07. The summed E-state index contributed by atoms with van der Waals surface area (Å²) in [5, 5.41) is 3.84. The average Bonchev–Trinajstić information content (AvgIpc) is 3.27. The zero-order chi connectivity index (χ0) is 37.8. The molecular weight excluding hydrogens is 695 g/mol. The molecule has 1 aliphatic rings. The van der Waals surface area contributed by atoms with Crippen LogP contribution < -0.4 is 29.0 Å². The Hall–Kier alpha value is -6.50. The minimum atomic E-state index is -0.361. The zero-order valence-corrected chi connectivity index (χ0v) is 31.3. The van der Waals surface area contributed by atoms with Gasteiger partial charge in [0, 0.05) is 24.2 Å². The predicted octanol–water partition coefficient (Wildman–Crippen LogP) is 10.8. The minimum Gasteiger partial charge on any atom is -0.489 e. The van der Waals surface area contributed by atoms with Crippen molar-refractivity contribution in [2.45, 2.75) is 51.5 Å². The van der Waals surface area contributed by atoms with Crippen molar-refractivity contribution in [3.63, 3.8) is 0 Å². The summed E-state index contributed by atoms with van der Waals surface area (Å²) in [6.45, 7) is 2.35. The van der Waals surface area contributed by atoms with Gasteiger partial charge in [-0.15, -0.1) is 0 Å². The van der Waals surface area contributed by atoms with Crippen LogP contribution in [0.4, 0.5) is 0 Å². The van der Waals surface area contributed by atoms with Crippen LogP contribution in [0.3, 0.4) is 0 Å². The van der Waals surface area contributed by atoms with E-state index in [4.69, 9.17) is 23.7 Å². The highest BCUT2D eigenvalue weighted by Gasteiger charge is 2.34. The second-order valence-electron chi connectivity index (χ2n) is 13.9. The van der Waals surface area contributed by atoms with E-state index in [2.05, 4.69) is 90.2 Å². The maximum Gasteiger partial charge on any atom is 0.162 e. The normalized spacial score (nSPS) is 14.6.